The molecule has 1 amide bonds. The van der Waals surface area contributed by atoms with Gasteiger partial charge in [-0.3, -0.25) is 4.79 Å². The zero-order valence-electron chi connectivity index (χ0n) is 22.5. The second-order valence-corrected chi connectivity index (χ2v) is 12.4. The van der Waals surface area contributed by atoms with Crippen molar-refractivity contribution >= 4 is 15.9 Å². The second kappa shape index (κ2) is 12.3. The third-order valence-electron chi connectivity index (χ3n) is 7.67. The van der Waals surface area contributed by atoms with Crippen molar-refractivity contribution in [2.75, 3.05) is 19.8 Å². The van der Waals surface area contributed by atoms with E-state index < -0.39 is 39.4 Å². The summed E-state index contributed by atoms with van der Waals surface area (Å²) in [4.78, 5) is 12.0. The Morgan fingerprint density at radius 2 is 1.66 bits per heavy atom. The van der Waals surface area contributed by atoms with Gasteiger partial charge in [0.15, 0.2) is 0 Å². The molecule has 2 fully saturated rings. The molecule has 2 N–H and O–H groups in total. The number of rotatable bonds is 8. The van der Waals surface area contributed by atoms with Crippen LogP contribution in [0.25, 0.3) is 11.3 Å². The van der Waals surface area contributed by atoms with E-state index in [1.54, 1.807) is 11.5 Å². The summed E-state index contributed by atoms with van der Waals surface area (Å²) in [5.74, 6) is -0.127. The highest BCUT2D eigenvalue weighted by molar-refractivity contribution is 7.89. The number of ether oxygens (including phenoxy) is 1. The Bertz CT molecular complexity index is 1340. The summed E-state index contributed by atoms with van der Waals surface area (Å²) in [6.07, 6.45) is -3.88. The van der Waals surface area contributed by atoms with Gasteiger partial charge in [0.1, 0.15) is 6.54 Å². The summed E-state index contributed by atoms with van der Waals surface area (Å²) < 4.78 is 113. The van der Waals surface area contributed by atoms with E-state index in [-0.39, 0.29) is 23.4 Å². The Morgan fingerprint density at radius 1 is 1.00 bits per heavy atom. The number of nitrogens with zero attached hydrogens (tertiary/aromatic N) is 1. The summed E-state index contributed by atoms with van der Waals surface area (Å²) in [7, 11) is -5.14. The Hall–Kier alpha value is -2.58. The van der Waals surface area contributed by atoms with Crippen LogP contribution in [0.3, 0.4) is 0 Å². The van der Waals surface area contributed by atoms with E-state index in [0.29, 0.717) is 61.7 Å². The summed E-state index contributed by atoms with van der Waals surface area (Å²) >= 11 is 0. The van der Waals surface area contributed by atoms with Gasteiger partial charge in [-0.15, -0.1) is 0 Å². The molecule has 41 heavy (non-hydrogen) atoms. The number of nitrogens with one attached hydrogen (secondary N) is 2. The van der Waals surface area contributed by atoms with Crippen LogP contribution < -0.4 is 10.0 Å². The van der Waals surface area contributed by atoms with Crippen molar-refractivity contribution in [1.82, 2.24) is 14.6 Å². The van der Waals surface area contributed by atoms with E-state index in [0.717, 1.165) is 38.2 Å². The summed E-state index contributed by atoms with van der Waals surface area (Å²) in [5, 5.41) is 2.97. The zero-order chi connectivity index (χ0) is 30.0. The number of hydrogen-bond acceptors (Lipinski definition) is 4. The lowest BCUT2D eigenvalue weighted by atomic mass is 9.89. The molecule has 0 spiro atoms. The Kier molecular flexibility index (Phi) is 9.44. The largest absolute Gasteiger partial charge is 0.417 e. The van der Waals surface area contributed by atoms with Gasteiger partial charge in [-0.25, -0.2) is 13.1 Å². The van der Waals surface area contributed by atoms with Crippen molar-refractivity contribution in [2.45, 2.75) is 81.7 Å². The summed E-state index contributed by atoms with van der Waals surface area (Å²) in [6.45, 7) is 1.18. The van der Waals surface area contributed by atoms with Gasteiger partial charge in [-0.1, -0.05) is 25.3 Å². The van der Waals surface area contributed by atoms with Crippen molar-refractivity contribution in [1.29, 1.82) is 0 Å². The number of aromatic nitrogens is 1. The monoisotopic (exact) mass is 609 g/mol. The Morgan fingerprint density at radius 3 is 2.27 bits per heavy atom. The van der Waals surface area contributed by atoms with Crippen molar-refractivity contribution in [3.05, 3.63) is 41.1 Å². The SMILES string of the molecule is Cc1c(C(=O)NC2CCOCC2)cc(-c2ccc(S(=O)(=O)NCC(F)(F)F)c(C(F)(F)F)c2)n1CC1CCCCC1. The molecule has 1 aromatic heterocycles. The number of benzene rings is 1. The van der Waals surface area contributed by atoms with Gasteiger partial charge in [0.25, 0.3) is 5.91 Å². The molecule has 2 aliphatic rings. The number of alkyl halides is 6. The molecule has 2 aromatic rings. The van der Waals surface area contributed by atoms with E-state index in [9.17, 15) is 39.6 Å². The lowest BCUT2D eigenvalue weighted by molar-refractivity contribution is -0.139. The normalized spacial score (nSPS) is 18.0. The average molecular weight is 610 g/mol. The molecule has 1 aliphatic carbocycles. The van der Waals surface area contributed by atoms with Crippen molar-refractivity contribution < 1.29 is 44.3 Å². The van der Waals surface area contributed by atoms with E-state index in [4.69, 9.17) is 4.74 Å². The lowest BCUT2D eigenvalue weighted by Gasteiger charge is -2.25. The third kappa shape index (κ3) is 7.83. The van der Waals surface area contributed by atoms with Gasteiger partial charge >= 0.3 is 12.4 Å². The highest BCUT2D eigenvalue weighted by atomic mass is 32.2. The maximum atomic E-state index is 14.1. The molecule has 0 bridgehead atoms. The number of halogens is 6. The molecule has 0 atom stereocenters. The fourth-order valence-electron chi connectivity index (χ4n) is 5.48. The Labute approximate surface area is 234 Å². The quantitative estimate of drug-likeness (QED) is 0.370. The lowest BCUT2D eigenvalue weighted by Crippen LogP contribution is -2.39. The number of carbonyl (C=O) groups excluding carboxylic acids is 1. The van der Waals surface area contributed by atoms with Gasteiger partial charge in [0, 0.05) is 37.2 Å². The van der Waals surface area contributed by atoms with Crippen LogP contribution in [0, 0.1) is 12.8 Å². The first kappa shape index (κ1) is 31.4. The van der Waals surface area contributed by atoms with Gasteiger partial charge in [-0.05, 0) is 62.3 Å². The van der Waals surface area contributed by atoms with E-state index >= 15 is 0 Å². The predicted molar refractivity (Wildman–Crippen MR) is 139 cm³/mol. The average Bonchev–Trinajstić information content (AvgIpc) is 3.23. The van der Waals surface area contributed by atoms with Crippen LogP contribution in [0.1, 0.15) is 66.6 Å². The van der Waals surface area contributed by atoms with Crippen LogP contribution in [0.2, 0.25) is 0 Å². The molecular formula is C27H33F6N3O4S. The number of hydrogen-bond donors (Lipinski definition) is 2. The molecule has 1 saturated carbocycles. The number of amides is 1. The highest BCUT2D eigenvalue weighted by Gasteiger charge is 2.39. The van der Waals surface area contributed by atoms with Crippen molar-refractivity contribution in [3.63, 3.8) is 0 Å². The maximum Gasteiger partial charge on any atom is 0.417 e. The number of sulfonamides is 1. The fraction of sp³-hybridized carbons (Fsp3) is 0.593. The van der Waals surface area contributed by atoms with Crippen LogP contribution in [-0.4, -0.2) is 50.9 Å². The zero-order valence-corrected chi connectivity index (χ0v) is 23.3. The van der Waals surface area contributed by atoms with E-state index in [2.05, 4.69) is 5.32 Å². The molecule has 1 aromatic carbocycles. The maximum absolute atomic E-state index is 14.1. The molecule has 14 heteroatoms. The molecule has 0 unspecified atom stereocenters. The molecule has 4 rings (SSSR count). The minimum Gasteiger partial charge on any atom is -0.381 e. The Balaban J connectivity index is 1.76. The van der Waals surface area contributed by atoms with Crippen molar-refractivity contribution in [3.8, 4) is 11.3 Å². The summed E-state index contributed by atoms with van der Waals surface area (Å²) in [5.41, 5.74) is -0.452. The fourth-order valence-corrected chi connectivity index (χ4v) is 6.70. The van der Waals surface area contributed by atoms with Crippen molar-refractivity contribution in [2.24, 2.45) is 5.92 Å². The van der Waals surface area contributed by atoms with Crippen LogP contribution in [0.4, 0.5) is 26.3 Å². The third-order valence-corrected chi connectivity index (χ3v) is 9.13. The first-order valence-electron chi connectivity index (χ1n) is 13.5. The highest BCUT2D eigenvalue weighted by Crippen LogP contribution is 2.39. The molecule has 0 radical (unpaired) electrons. The molecule has 1 aliphatic heterocycles. The second-order valence-electron chi connectivity index (χ2n) is 10.7. The molecule has 7 nitrogen and oxygen atoms in total. The van der Waals surface area contributed by atoms with Gasteiger partial charge < -0.3 is 14.6 Å². The van der Waals surface area contributed by atoms with Crippen LogP contribution in [0.15, 0.2) is 29.2 Å². The molecular weight excluding hydrogens is 576 g/mol. The molecule has 228 valence electrons. The van der Waals surface area contributed by atoms with Crippen LogP contribution in [-0.2, 0) is 27.5 Å². The first-order valence-corrected chi connectivity index (χ1v) is 15.0. The van der Waals surface area contributed by atoms with Gasteiger partial charge in [-0.2, -0.15) is 26.3 Å². The predicted octanol–water partition coefficient (Wildman–Crippen LogP) is 5.81. The standard InChI is InChI=1S/C27H33F6N3O4S/c1-17-21(25(37)35-20-9-11-40-12-10-20)14-23(36(17)15-18-5-3-2-4-6-18)19-7-8-24(22(13-19)27(31,32)33)41(38,39)34-16-26(28,29)30/h7-8,13-14,18,20,34H,2-6,9-12,15-16H2,1H3,(H,35,37). The minimum atomic E-state index is -5.18. The minimum absolute atomic E-state index is 0.00359. The van der Waals surface area contributed by atoms with E-state index in [1.165, 1.54) is 10.8 Å². The van der Waals surface area contributed by atoms with Crippen LogP contribution >= 0.6 is 0 Å². The molecule has 2 heterocycles. The van der Waals surface area contributed by atoms with Gasteiger partial charge in [0.05, 0.1) is 16.0 Å². The number of carbonyl (C=O) groups is 1. The van der Waals surface area contributed by atoms with Gasteiger partial charge in [0.2, 0.25) is 10.0 Å². The van der Waals surface area contributed by atoms with Crippen LogP contribution in [0.5, 0.6) is 0 Å². The first-order chi connectivity index (χ1) is 19.2. The molecule has 1 saturated heterocycles. The smallest absolute Gasteiger partial charge is 0.381 e. The summed E-state index contributed by atoms with van der Waals surface area (Å²) in [6, 6.07) is 3.80. The topological polar surface area (TPSA) is 89.4 Å². The van der Waals surface area contributed by atoms with E-state index in [1.807, 2.05) is 0 Å².